The van der Waals surface area contributed by atoms with Crippen molar-refractivity contribution in [2.24, 2.45) is 0 Å². The summed E-state index contributed by atoms with van der Waals surface area (Å²) >= 11 is 5.50. The molecule has 0 aromatic heterocycles. The molecular formula is C11H13ClN2O5. The molecule has 19 heavy (non-hydrogen) atoms. The Morgan fingerprint density at radius 2 is 2.16 bits per heavy atom. The summed E-state index contributed by atoms with van der Waals surface area (Å²) in [5.41, 5.74) is -0.225. The van der Waals surface area contributed by atoms with E-state index < -0.39 is 10.8 Å². The first-order chi connectivity index (χ1) is 9.06. The highest BCUT2D eigenvalue weighted by Gasteiger charge is 2.27. The van der Waals surface area contributed by atoms with Gasteiger partial charge in [-0.25, -0.2) is 0 Å². The number of hydrogen-bond donors (Lipinski definition) is 0. The van der Waals surface area contributed by atoms with Gasteiger partial charge in [0, 0.05) is 13.2 Å². The van der Waals surface area contributed by atoms with Crippen LogP contribution in [0.3, 0.4) is 0 Å². The molecule has 0 atom stereocenters. The zero-order valence-corrected chi connectivity index (χ0v) is 11.2. The molecule has 0 aliphatic rings. The minimum atomic E-state index is -0.595. The number of nitro groups is 1. The number of hydrogen-bond acceptors (Lipinski definition) is 5. The fraction of sp³-hybridized carbons (Fsp3) is 0.364. The highest BCUT2D eigenvalue weighted by Crippen LogP contribution is 2.37. The highest BCUT2D eigenvalue weighted by molar-refractivity contribution is 6.29. The van der Waals surface area contributed by atoms with Gasteiger partial charge >= 0.3 is 0 Å². The van der Waals surface area contributed by atoms with Crippen molar-refractivity contribution in [3.05, 3.63) is 28.3 Å². The first-order valence-electron chi connectivity index (χ1n) is 5.23. The van der Waals surface area contributed by atoms with E-state index >= 15 is 0 Å². The van der Waals surface area contributed by atoms with E-state index in [1.807, 2.05) is 0 Å². The van der Waals surface area contributed by atoms with Crippen molar-refractivity contribution in [2.75, 3.05) is 31.7 Å². The van der Waals surface area contributed by atoms with Crippen molar-refractivity contribution in [1.82, 2.24) is 0 Å². The number of benzene rings is 1. The van der Waals surface area contributed by atoms with Gasteiger partial charge in [-0.1, -0.05) is 6.07 Å². The molecule has 0 fully saturated rings. The Balaban J connectivity index is 3.41. The molecule has 1 aromatic rings. The summed E-state index contributed by atoms with van der Waals surface area (Å²) in [7, 11) is 2.73. The van der Waals surface area contributed by atoms with E-state index in [1.165, 1.54) is 32.4 Å². The lowest BCUT2D eigenvalue weighted by atomic mass is 10.2. The Kier molecular flexibility index (Phi) is 5.53. The van der Waals surface area contributed by atoms with Crippen LogP contribution in [0, 0.1) is 10.1 Å². The number of carbonyl (C=O) groups is 1. The summed E-state index contributed by atoms with van der Waals surface area (Å²) in [6.07, 6.45) is 0. The Hall–Kier alpha value is -1.86. The Labute approximate surface area is 114 Å². The van der Waals surface area contributed by atoms with Crippen LogP contribution < -0.4 is 9.64 Å². The molecule has 8 heteroatoms. The molecule has 0 aliphatic heterocycles. The minimum absolute atomic E-state index is 0.0301. The second kappa shape index (κ2) is 6.91. The molecule has 7 nitrogen and oxygen atoms in total. The molecule has 1 amide bonds. The van der Waals surface area contributed by atoms with Crippen LogP contribution in [0.15, 0.2) is 18.2 Å². The van der Waals surface area contributed by atoms with Gasteiger partial charge in [0.1, 0.15) is 18.4 Å². The first kappa shape index (κ1) is 15.2. The number of nitro benzene ring substituents is 1. The van der Waals surface area contributed by atoms with Crippen LogP contribution in [0.2, 0.25) is 0 Å². The van der Waals surface area contributed by atoms with Crippen LogP contribution in [0.1, 0.15) is 0 Å². The van der Waals surface area contributed by atoms with Crippen LogP contribution in [0.4, 0.5) is 11.4 Å². The number of halogens is 1. The van der Waals surface area contributed by atoms with Gasteiger partial charge in [-0.3, -0.25) is 19.8 Å². The molecule has 0 saturated carbocycles. The average Bonchev–Trinajstić information content (AvgIpc) is 2.43. The van der Waals surface area contributed by atoms with Gasteiger partial charge in [0.05, 0.1) is 12.0 Å². The summed E-state index contributed by atoms with van der Waals surface area (Å²) in [5, 5.41) is 11.0. The molecule has 0 saturated heterocycles. The maximum Gasteiger partial charge on any atom is 0.296 e. The van der Waals surface area contributed by atoms with Crippen LogP contribution in [-0.4, -0.2) is 37.7 Å². The number of ether oxygens (including phenoxy) is 2. The highest BCUT2D eigenvalue weighted by atomic mass is 35.5. The minimum Gasteiger partial charge on any atom is -0.494 e. The average molecular weight is 289 g/mol. The van der Waals surface area contributed by atoms with Crippen LogP contribution >= 0.6 is 11.6 Å². The van der Waals surface area contributed by atoms with Gasteiger partial charge in [-0.2, -0.15) is 0 Å². The van der Waals surface area contributed by atoms with Gasteiger partial charge in [-0.05, 0) is 6.07 Å². The fourth-order valence-corrected chi connectivity index (χ4v) is 1.70. The summed E-state index contributed by atoms with van der Waals surface area (Å²) in [6.45, 7) is -0.160. The topological polar surface area (TPSA) is 81.9 Å². The quantitative estimate of drug-likeness (QED) is 0.345. The zero-order valence-electron chi connectivity index (χ0n) is 10.5. The number of alkyl halides is 1. The molecular weight excluding hydrogens is 276 g/mol. The Morgan fingerprint density at radius 1 is 1.47 bits per heavy atom. The third-order valence-corrected chi connectivity index (χ3v) is 2.57. The van der Waals surface area contributed by atoms with Gasteiger partial charge < -0.3 is 9.47 Å². The third kappa shape index (κ3) is 3.33. The van der Waals surface area contributed by atoms with Crippen molar-refractivity contribution in [3.63, 3.8) is 0 Å². The molecule has 0 aliphatic carbocycles. The molecule has 0 radical (unpaired) electrons. The van der Waals surface area contributed by atoms with Crippen molar-refractivity contribution in [1.29, 1.82) is 0 Å². The van der Waals surface area contributed by atoms with Crippen molar-refractivity contribution in [2.45, 2.75) is 0 Å². The van der Waals surface area contributed by atoms with Crippen LogP contribution in [0.5, 0.6) is 5.75 Å². The standard InChI is InChI=1S/C11H13ClN2O5/c1-18-7-13(10(15)6-12)11-8(14(16)17)4-3-5-9(11)19-2/h3-5H,6-7H2,1-2H3. The van der Waals surface area contributed by atoms with Crippen molar-refractivity contribution in [3.8, 4) is 5.75 Å². The van der Waals surface area contributed by atoms with Crippen molar-refractivity contribution >= 4 is 28.9 Å². The second-order valence-electron chi connectivity index (χ2n) is 3.46. The molecule has 0 spiro atoms. The summed E-state index contributed by atoms with van der Waals surface area (Å²) in [6, 6.07) is 4.27. The maximum atomic E-state index is 11.8. The monoisotopic (exact) mass is 288 g/mol. The van der Waals surface area contributed by atoms with E-state index in [-0.39, 0.29) is 29.7 Å². The molecule has 0 unspecified atom stereocenters. The molecule has 0 bridgehead atoms. The molecule has 1 aromatic carbocycles. The number of rotatable bonds is 6. The number of anilines is 1. The molecule has 1 rings (SSSR count). The fourth-order valence-electron chi connectivity index (χ4n) is 1.56. The second-order valence-corrected chi connectivity index (χ2v) is 3.73. The van der Waals surface area contributed by atoms with E-state index in [2.05, 4.69) is 0 Å². The van der Waals surface area contributed by atoms with E-state index in [0.717, 1.165) is 4.90 Å². The molecule has 0 heterocycles. The van der Waals surface area contributed by atoms with Crippen LogP contribution in [0.25, 0.3) is 0 Å². The first-order valence-corrected chi connectivity index (χ1v) is 5.76. The normalized spacial score (nSPS) is 10.1. The summed E-state index contributed by atoms with van der Waals surface area (Å²) in [5.74, 6) is -0.640. The maximum absolute atomic E-state index is 11.8. The largest absolute Gasteiger partial charge is 0.494 e. The SMILES string of the molecule is COCN(C(=O)CCl)c1c(OC)cccc1[N+](=O)[O-]. The number of nitrogens with zero attached hydrogens (tertiary/aromatic N) is 2. The van der Waals surface area contributed by atoms with Crippen molar-refractivity contribution < 1.29 is 19.2 Å². The Bertz CT molecular complexity index is 480. The Morgan fingerprint density at radius 3 is 2.63 bits per heavy atom. The zero-order chi connectivity index (χ0) is 14.4. The lowest BCUT2D eigenvalue weighted by molar-refractivity contribution is -0.384. The van der Waals surface area contributed by atoms with Gasteiger partial charge in [0.2, 0.25) is 5.91 Å². The van der Waals surface area contributed by atoms with Crippen LogP contribution in [-0.2, 0) is 9.53 Å². The lowest BCUT2D eigenvalue weighted by Gasteiger charge is -2.22. The number of amides is 1. The van der Waals surface area contributed by atoms with E-state index in [0.29, 0.717) is 0 Å². The van der Waals surface area contributed by atoms with E-state index in [9.17, 15) is 14.9 Å². The van der Waals surface area contributed by atoms with Gasteiger partial charge in [-0.15, -0.1) is 11.6 Å². The summed E-state index contributed by atoms with van der Waals surface area (Å²) in [4.78, 5) is 23.3. The third-order valence-electron chi connectivity index (χ3n) is 2.34. The molecule has 0 N–H and O–H groups in total. The molecule has 104 valence electrons. The smallest absolute Gasteiger partial charge is 0.296 e. The van der Waals surface area contributed by atoms with E-state index in [1.54, 1.807) is 0 Å². The summed E-state index contributed by atoms with van der Waals surface area (Å²) < 4.78 is 9.95. The van der Waals surface area contributed by atoms with Gasteiger partial charge in [0.15, 0.2) is 5.69 Å². The number of carbonyl (C=O) groups excluding carboxylic acids is 1. The van der Waals surface area contributed by atoms with E-state index in [4.69, 9.17) is 21.1 Å². The van der Waals surface area contributed by atoms with Gasteiger partial charge in [0.25, 0.3) is 5.69 Å². The lowest BCUT2D eigenvalue weighted by Crippen LogP contribution is -2.34. The predicted octanol–water partition coefficient (Wildman–Crippen LogP) is 1.78. The number of methoxy groups -OCH3 is 2. The predicted molar refractivity (Wildman–Crippen MR) is 69.7 cm³/mol. The number of para-hydroxylation sites is 1.